The molecule has 0 spiro atoms. The lowest BCUT2D eigenvalue weighted by atomic mass is 10.5. The summed E-state index contributed by atoms with van der Waals surface area (Å²) in [6, 6.07) is 5.78. The number of nitrogens with one attached hydrogen (secondary N) is 1. The summed E-state index contributed by atoms with van der Waals surface area (Å²) < 4.78 is 1.25. The van der Waals surface area contributed by atoms with E-state index in [4.69, 9.17) is 0 Å². The molecule has 0 atom stereocenters. The average molecular weight is 134 g/mol. The number of pyridine rings is 1. The van der Waals surface area contributed by atoms with Crippen LogP contribution < -0.4 is 5.56 Å². The molecule has 0 aliphatic carbocycles. The minimum Gasteiger partial charge on any atom is -0.329 e. The molecule has 1 radical (unpaired) electrons. The highest BCUT2D eigenvalue weighted by molar-refractivity contribution is 5.34. The zero-order valence-corrected chi connectivity index (χ0v) is 5.03. The lowest BCUT2D eigenvalue weighted by molar-refractivity contribution is 0.918. The molecule has 0 saturated heterocycles. The lowest BCUT2D eigenvalue weighted by Crippen LogP contribution is -2.11. The Kier molecular flexibility index (Phi) is 0.887. The topological polar surface area (TPSA) is 50.2 Å². The minimum absolute atomic E-state index is 0.237. The summed E-state index contributed by atoms with van der Waals surface area (Å²) in [4.78, 5) is 13.7. The molecule has 49 valence electrons. The van der Waals surface area contributed by atoms with Gasteiger partial charge >= 0.3 is 0 Å². The van der Waals surface area contributed by atoms with Crippen molar-refractivity contribution in [3.05, 3.63) is 34.9 Å². The summed E-state index contributed by atoms with van der Waals surface area (Å²) in [6.45, 7) is 0. The number of hydrogen-bond donors (Lipinski definition) is 1. The van der Waals surface area contributed by atoms with Crippen molar-refractivity contribution in [1.29, 1.82) is 0 Å². The van der Waals surface area contributed by atoms with E-state index in [1.165, 1.54) is 10.8 Å². The van der Waals surface area contributed by atoms with Crippen molar-refractivity contribution in [3.63, 3.8) is 0 Å². The van der Waals surface area contributed by atoms with Crippen LogP contribution in [0.5, 0.6) is 0 Å². The van der Waals surface area contributed by atoms with Gasteiger partial charge in [0, 0.05) is 0 Å². The van der Waals surface area contributed by atoms with Gasteiger partial charge in [-0.05, 0) is 12.1 Å². The van der Waals surface area contributed by atoms with E-state index in [2.05, 4.69) is 16.1 Å². The summed E-state index contributed by atoms with van der Waals surface area (Å²) >= 11 is 0. The fourth-order valence-corrected chi connectivity index (χ4v) is 0.810. The Morgan fingerprint density at radius 3 is 3.40 bits per heavy atom. The highest BCUT2D eigenvalue weighted by Gasteiger charge is 1.93. The van der Waals surface area contributed by atoms with Gasteiger partial charge in [-0.3, -0.25) is 4.79 Å². The minimum atomic E-state index is -0.237. The molecule has 10 heavy (non-hydrogen) atoms. The van der Waals surface area contributed by atoms with Crippen molar-refractivity contribution in [1.82, 2.24) is 14.6 Å². The Morgan fingerprint density at radius 2 is 2.60 bits per heavy atom. The first-order chi connectivity index (χ1) is 4.88. The van der Waals surface area contributed by atoms with E-state index in [1.54, 1.807) is 12.1 Å². The van der Waals surface area contributed by atoms with Gasteiger partial charge < -0.3 is 4.98 Å². The summed E-state index contributed by atoms with van der Waals surface area (Å²) in [5, 5.41) is 3.74. The normalized spacial score (nSPS) is 10.4. The van der Waals surface area contributed by atoms with Gasteiger partial charge in [-0.1, -0.05) is 0 Å². The quantitative estimate of drug-likeness (QED) is 0.543. The molecule has 1 N–H and O–H groups in total. The maximum atomic E-state index is 10.9. The van der Waals surface area contributed by atoms with Crippen LogP contribution in [0.25, 0.3) is 5.65 Å². The van der Waals surface area contributed by atoms with Crippen molar-refractivity contribution < 1.29 is 0 Å². The van der Waals surface area contributed by atoms with Crippen LogP contribution in [0.15, 0.2) is 23.3 Å². The zero-order valence-electron chi connectivity index (χ0n) is 5.03. The molecular formula is C6H4N3O. The molecule has 0 saturated carbocycles. The Morgan fingerprint density at radius 1 is 1.70 bits per heavy atom. The fourth-order valence-electron chi connectivity index (χ4n) is 0.810. The van der Waals surface area contributed by atoms with Crippen LogP contribution in [0.4, 0.5) is 0 Å². The van der Waals surface area contributed by atoms with Crippen LogP contribution in [0, 0.1) is 6.07 Å². The molecule has 4 heteroatoms. The van der Waals surface area contributed by atoms with E-state index in [-0.39, 0.29) is 5.56 Å². The molecule has 0 fully saturated rings. The van der Waals surface area contributed by atoms with Gasteiger partial charge in [0.2, 0.25) is 0 Å². The average Bonchev–Trinajstić information content (AvgIpc) is 2.36. The van der Waals surface area contributed by atoms with E-state index in [0.29, 0.717) is 5.65 Å². The number of fused-ring (bicyclic) bond motifs is 1. The third-order valence-electron chi connectivity index (χ3n) is 1.25. The number of hydrogen-bond acceptors (Lipinski definition) is 2. The van der Waals surface area contributed by atoms with Gasteiger partial charge in [-0.2, -0.15) is 9.61 Å². The molecule has 2 heterocycles. The molecule has 2 aromatic heterocycles. The van der Waals surface area contributed by atoms with Crippen LogP contribution >= 0.6 is 0 Å². The number of rotatable bonds is 0. The molecule has 2 aromatic rings. The number of H-pyrrole nitrogens is 1. The fraction of sp³-hybridized carbons (Fsp3) is 0. The third kappa shape index (κ3) is 0.556. The van der Waals surface area contributed by atoms with Gasteiger partial charge in [0.05, 0.1) is 6.07 Å². The van der Waals surface area contributed by atoms with Gasteiger partial charge in [0.1, 0.15) is 12.0 Å². The van der Waals surface area contributed by atoms with E-state index >= 15 is 0 Å². The van der Waals surface area contributed by atoms with E-state index in [9.17, 15) is 4.79 Å². The Hall–Kier alpha value is -1.58. The molecule has 0 aliphatic rings. The molecule has 0 amide bonds. The van der Waals surface area contributed by atoms with Crippen molar-refractivity contribution in [2.45, 2.75) is 0 Å². The SMILES string of the molecule is O=c1[c]ccc2[nH]cnn12. The van der Waals surface area contributed by atoms with Crippen LogP contribution in [0.2, 0.25) is 0 Å². The number of aromatic nitrogens is 3. The largest absolute Gasteiger partial charge is 0.329 e. The second-order valence-electron chi connectivity index (χ2n) is 1.87. The molecule has 4 nitrogen and oxygen atoms in total. The van der Waals surface area contributed by atoms with Gasteiger partial charge in [0.25, 0.3) is 5.56 Å². The summed E-state index contributed by atoms with van der Waals surface area (Å²) in [5.41, 5.74) is 0.447. The first-order valence-corrected chi connectivity index (χ1v) is 2.81. The zero-order chi connectivity index (χ0) is 6.97. The van der Waals surface area contributed by atoms with Crippen molar-refractivity contribution >= 4 is 5.65 Å². The Balaban J connectivity index is 3.09. The molecule has 2 rings (SSSR count). The van der Waals surface area contributed by atoms with Crippen LogP contribution in [-0.4, -0.2) is 14.6 Å². The molecule has 0 bridgehead atoms. The Bertz CT molecular complexity index is 400. The first kappa shape index (κ1) is 5.22. The smallest absolute Gasteiger partial charge is 0.280 e. The molecular weight excluding hydrogens is 130 g/mol. The highest BCUT2D eigenvalue weighted by atomic mass is 16.1. The predicted molar refractivity (Wildman–Crippen MR) is 34.6 cm³/mol. The van der Waals surface area contributed by atoms with Crippen LogP contribution in [0.3, 0.4) is 0 Å². The lowest BCUT2D eigenvalue weighted by Gasteiger charge is -1.84. The highest BCUT2D eigenvalue weighted by Crippen LogP contribution is 1.88. The molecule has 0 aliphatic heterocycles. The number of nitrogens with zero attached hydrogens (tertiary/aromatic N) is 2. The predicted octanol–water partition coefficient (Wildman–Crippen LogP) is -0.177. The molecule has 0 unspecified atom stereocenters. The van der Waals surface area contributed by atoms with E-state index < -0.39 is 0 Å². The van der Waals surface area contributed by atoms with Gasteiger partial charge in [-0.25, -0.2) is 0 Å². The molecule has 0 aromatic carbocycles. The second-order valence-corrected chi connectivity index (χ2v) is 1.87. The maximum Gasteiger partial charge on any atom is 0.280 e. The maximum absolute atomic E-state index is 10.9. The van der Waals surface area contributed by atoms with Crippen LogP contribution in [0.1, 0.15) is 0 Å². The first-order valence-electron chi connectivity index (χ1n) is 2.81. The van der Waals surface area contributed by atoms with E-state index in [0.717, 1.165) is 0 Å². The summed E-state index contributed by atoms with van der Waals surface area (Å²) in [5.74, 6) is 0. The van der Waals surface area contributed by atoms with E-state index in [1.807, 2.05) is 0 Å². The van der Waals surface area contributed by atoms with Gasteiger partial charge in [0.15, 0.2) is 0 Å². The van der Waals surface area contributed by atoms with Crippen LogP contribution in [-0.2, 0) is 0 Å². The third-order valence-corrected chi connectivity index (χ3v) is 1.25. The van der Waals surface area contributed by atoms with Crippen molar-refractivity contribution in [2.75, 3.05) is 0 Å². The summed E-state index contributed by atoms with van der Waals surface area (Å²) in [6.07, 6.45) is 1.46. The second kappa shape index (κ2) is 1.70. The van der Waals surface area contributed by atoms with Gasteiger partial charge in [-0.15, -0.1) is 0 Å². The number of aromatic amines is 1. The monoisotopic (exact) mass is 134 g/mol. The standard InChI is InChI=1S/C6H4N3O/c10-6-3-1-2-5-7-4-8-9(5)6/h1-2,4H,(H,7,8). The Labute approximate surface area is 56.1 Å². The van der Waals surface area contributed by atoms with Crippen molar-refractivity contribution in [3.8, 4) is 0 Å². The van der Waals surface area contributed by atoms with Crippen molar-refractivity contribution in [2.24, 2.45) is 0 Å². The summed E-state index contributed by atoms with van der Waals surface area (Å²) in [7, 11) is 0.